The van der Waals surface area contributed by atoms with Gasteiger partial charge in [0, 0.05) is 4.70 Å². The van der Waals surface area contributed by atoms with E-state index in [0.717, 1.165) is 0 Å². The molecule has 0 radical (unpaired) electrons. The summed E-state index contributed by atoms with van der Waals surface area (Å²) < 4.78 is 2.92. The molecule has 11 heteroatoms. The van der Waals surface area contributed by atoms with Crippen molar-refractivity contribution in [3.63, 3.8) is 0 Å². The van der Waals surface area contributed by atoms with Crippen molar-refractivity contribution < 1.29 is 0 Å². The van der Waals surface area contributed by atoms with Gasteiger partial charge in [0.2, 0.25) is 0 Å². The Morgan fingerprint density at radius 2 is 0.800 bits per heavy atom. The van der Waals surface area contributed by atoms with Crippen molar-refractivity contribution in [2.45, 2.75) is 0 Å². The highest BCUT2D eigenvalue weighted by molar-refractivity contribution is 7.29. The summed E-state index contributed by atoms with van der Waals surface area (Å²) in [5.41, 5.74) is 15.9. The predicted octanol–water partition coefficient (Wildman–Crippen LogP) is -12.8. The van der Waals surface area contributed by atoms with Gasteiger partial charge in [-0.25, -0.2) is 0 Å². The molecule has 0 aliphatic heterocycles. The zero-order chi connectivity index (χ0) is 18.8. The maximum absolute atomic E-state index is 2.33. The molecular formula is C14H20B10S. The van der Waals surface area contributed by atoms with Crippen molar-refractivity contribution in [2.24, 2.45) is 0 Å². The molecule has 1 heterocycles. The fourth-order valence-electron chi connectivity index (χ4n) is 4.36. The summed E-state index contributed by atoms with van der Waals surface area (Å²) >= 11 is 1.95. The molecule has 112 valence electrons. The molecule has 0 unspecified atom stereocenters. The van der Waals surface area contributed by atoms with Gasteiger partial charge in [0.25, 0.3) is 0 Å². The summed E-state index contributed by atoms with van der Waals surface area (Å²) in [4.78, 5) is 0. The van der Waals surface area contributed by atoms with Gasteiger partial charge < -0.3 is 0 Å². The molecule has 1 aromatic heterocycles. The summed E-state index contributed by atoms with van der Waals surface area (Å²) in [5, 5.41) is 1.48. The lowest BCUT2D eigenvalue weighted by molar-refractivity contribution is 1.91. The zero-order valence-corrected chi connectivity index (χ0v) is 18.2. The predicted molar refractivity (Wildman–Crippen MR) is 149 cm³/mol. The van der Waals surface area contributed by atoms with E-state index in [4.69, 9.17) is 0 Å². The lowest BCUT2D eigenvalue weighted by Crippen LogP contribution is -2.56. The SMILES string of the molecule is Bc1sc2c(B)c(B)c(-c3c(B)c(B)c(B)c(B)c3B)c(B)c2c1B. The highest BCUT2D eigenvalue weighted by atomic mass is 32.1. The van der Waals surface area contributed by atoms with Crippen LogP contribution in [0.3, 0.4) is 0 Å². The first-order valence-electron chi connectivity index (χ1n) is 9.16. The highest BCUT2D eigenvalue weighted by Gasteiger charge is 2.20. The van der Waals surface area contributed by atoms with Gasteiger partial charge in [0.1, 0.15) is 70.6 Å². The average molecular weight is 329 g/mol. The summed E-state index contributed by atoms with van der Waals surface area (Å²) in [6, 6.07) is 0. The van der Waals surface area contributed by atoms with Crippen LogP contribution in [-0.2, 0) is 0 Å². The average Bonchev–Trinajstić information content (AvgIpc) is 2.88. The third kappa shape index (κ3) is 2.57. The van der Waals surface area contributed by atoms with E-state index in [9.17, 15) is 0 Å². The second-order valence-electron chi connectivity index (χ2n) is 7.74. The monoisotopic (exact) mass is 330 g/mol. The third-order valence-electron chi connectivity index (χ3n) is 6.66. The molecule has 0 bridgehead atoms. The maximum atomic E-state index is 2.33. The Hall–Kier alpha value is -0.951. The number of fused-ring (bicyclic) bond motifs is 1. The van der Waals surface area contributed by atoms with Crippen LogP contribution in [0.5, 0.6) is 0 Å². The molecule has 0 fully saturated rings. The largest absolute Gasteiger partial charge is 0.152 e. The van der Waals surface area contributed by atoms with E-state index < -0.39 is 0 Å². The van der Waals surface area contributed by atoms with Gasteiger partial charge in [0.05, 0.1) is 0 Å². The molecule has 25 heavy (non-hydrogen) atoms. The molecule has 0 N–H and O–H groups in total. The summed E-state index contributed by atoms with van der Waals surface area (Å²) in [5.74, 6) is 0. The van der Waals surface area contributed by atoms with Crippen LogP contribution in [-0.4, -0.2) is 78.5 Å². The molecule has 0 aliphatic carbocycles. The number of benzene rings is 2. The first-order chi connectivity index (χ1) is 11.6. The van der Waals surface area contributed by atoms with E-state index in [1.54, 1.807) is 0 Å². The smallest absolute Gasteiger partial charge is 0.151 e. The van der Waals surface area contributed by atoms with E-state index in [0.29, 0.717) is 0 Å². The minimum Gasteiger partial charge on any atom is -0.152 e. The van der Waals surface area contributed by atoms with Crippen molar-refractivity contribution >= 4 is 154 Å². The Labute approximate surface area is 164 Å². The minimum atomic E-state index is 1.44. The van der Waals surface area contributed by atoms with Gasteiger partial charge >= 0.3 is 0 Å². The Balaban J connectivity index is 2.57. The van der Waals surface area contributed by atoms with Gasteiger partial charge in [-0.3, -0.25) is 0 Å². The quantitative estimate of drug-likeness (QED) is 0.389. The fraction of sp³-hybridized carbons (Fsp3) is 0. The first-order valence-corrected chi connectivity index (χ1v) is 9.97. The second-order valence-corrected chi connectivity index (χ2v) is 8.96. The van der Waals surface area contributed by atoms with Crippen LogP contribution < -0.4 is 53.9 Å². The molecule has 0 aliphatic rings. The van der Waals surface area contributed by atoms with E-state index in [1.807, 2.05) is 11.3 Å². The Morgan fingerprint density at radius 1 is 0.400 bits per heavy atom. The van der Waals surface area contributed by atoms with Crippen LogP contribution in [0.1, 0.15) is 0 Å². The third-order valence-corrected chi connectivity index (χ3v) is 7.99. The number of hydrogen-bond donors (Lipinski definition) is 0. The molecule has 3 rings (SSSR count). The molecule has 3 aromatic rings. The normalized spacial score (nSPS) is 11.2. The van der Waals surface area contributed by atoms with Crippen LogP contribution in [0, 0.1) is 0 Å². The van der Waals surface area contributed by atoms with Crippen molar-refractivity contribution in [3.8, 4) is 11.1 Å². The van der Waals surface area contributed by atoms with Crippen molar-refractivity contribution in [2.75, 3.05) is 0 Å². The van der Waals surface area contributed by atoms with Gasteiger partial charge in [-0.1, -0.05) is 32.8 Å². The van der Waals surface area contributed by atoms with Gasteiger partial charge in [0.15, 0.2) is 7.85 Å². The Bertz CT molecular complexity index is 1020. The standard InChI is InChI=1S/C14H20B10S/c15-4-1(2-5(16)9(20)11(22)10(21)6(2)17)7(18)12(23)13-3(4)8(19)14(24)25-13/h15-24H2. The lowest BCUT2D eigenvalue weighted by Gasteiger charge is -2.25. The van der Waals surface area contributed by atoms with Gasteiger partial charge in [-0.2, -0.15) is 11.3 Å². The molecule has 0 spiro atoms. The number of rotatable bonds is 1. The van der Waals surface area contributed by atoms with Crippen LogP contribution in [0.25, 0.3) is 21.2 Å². The van der Waals surface area contributed by atoms with Crippen molar-refractivity contribution in [1.82, 2.24) is 0 Å². The van der Waals surface area contributed by atoms with Gasteiger partial charge in [-0.15, -0.1) is 16.4 Å². The summed E-state index contributed by atoms with van der Waals surface area (Å²) in [6.45, 7) is 0. The number of hydrogen-bond acceptors (Lipinski definition) is 1. The highest BCUT2D eigenvalue weighted by Crippen LogP contribution is 2.16. The molecule has 0 nitrogen and oxygen atoms in total. The van der Waals surface area contributed by atoms with E-state index >= 15 is 0 Å². The van der Waals surface area contributed by atoms with E-state index in [-0.39, 0.29) is 0 Å². The summed E-state index contributed by atoms with van der Waals surface area (Å²) in [7, 11) is 22.9. The van der Waals surface area contributed by atoms with Crippen LogP contribution >= 0.6 is 11.3 Å². The summed E-state index contributed by atoms with van der Waals surface area (Å²) in [6.07, 6.45) is 0. The van der Waals surface area contributed by atoms with E-state index in [2.05, 4.69) is 78.5 Å². The molecular weight excluding hydrogens is 308 g/mol. The topological polar surface area (TPSA) is 0 Å². The fourth-order valence-corrected chi connectivity index (χ4v) is 5.63. The molecule has 0 atom stereocenters. The Morgan fingerprint density at radius 3 is 1.32 bits per heavy atom. The van der Waals surface area contributed by atoms with Crippen molar-refractivity contribution in [3.05, 3.63) is 0 Å². The van der Waals surface area contributed by atoms with E-state index in [1.165, 1.54) is 75.2 Å². The second kappa shape index (κ2) is 6.34. The Kier molecular flexibility index (Phi) is 4.77. The number of thiophene rings is 1. The minimum absolute atomic E-state index is 1.44. The maximum Gasteiger partial charge on any atom is 0.151 e. The van der Waals surface area contributed by atoms with Crippen LogP contribution in [0.2, 0.25) is 0 Å². The zero-order valence-electron chi connectivity index (χ0n) is 17.4. The molecule has 0 saturated heterocycles. The van der Waals surface area contributed by atoms with Gasteiger partial charge in [-0.05, 0) is 21.3 Å². The van der Waals surface area contributed by atoms with Crippen LogP contribution in [0.4, 0.5) is 0 Å². The molecule has 0 saturated carbocycles. The molecule has 0 amide bonds. The van der Waals surface area contributed by atoms with Crippen molar-refractivity contribution in [1.29, 1.82) is 0 Å². The lowest BCUT2D eigenvalue weighted by atomic mass is 9.57. The first kappa shape index (κ1) is 18.8. The molecule has 2 aromatic carbocycles. The van der Waals surface area contributed by atoms with Crippen LogP contribution in [0.15, 0.2) is 0 Å².